The van der Waals surface area contributed by atoms with Gasteiger partial charge in [-0.15, -0.1) is 11.3 Å². The number of rotatable bonds is 5. The fourth-order valence-corrected chi connectivity index (χ4v) is 4.86. The van der Waals surface area contributed by atoms with Crippen molar-refractivity contribution < 1.29 is 4.79 Å². The highest BCUT2D eigenvalue weighted by atomic mass is 32.2. The van der Waals surface area contributed by atoms with Crippen LogP contribution in [0.5, 0.6) is 0 Å². The summed E-state index contributed by atoms with van der Waals surface area (Å²) >= 11 is 3.05. The third-order valence-corrected chi connectivity index (χ3v) is 6.31. The van der Waals surface area contributed by atoms with E-state index >= 15 is 0 Å². The van der Waals surface area contributed by atoms with Gasteiger partial charge in [-0.1, -0.05) is 60.3 Å². The average molecular weight is 392 g/mol. The number of nitrogens with one attached hydrogen (secondary N) is 1. The van der Waals surface area contributed by atoms with Crippen LogP contribution in [0.2, 0.25) is 0 Å². The maximum Gasteiger partial charge on any atom is 0.253 e. The number of fused-ring (bicyclic) bond motifs is 2. The number of hydrogen-bond acceptors (Lipinski definition) is 5. The van der Waals surface area contributed by atoms with E-state index in [-0.39, 0.29) is 11.2 Å². The second kappa shape index (κ2) is 7.90. The highest BCUT2D eigenvalue weighted by Crippen LogP contribution is 2.31. The van der Waals surface area contributed by atoms with Crippen LogP contribution in [-0.2, 0) is 4.79 Å². The number of benzene rings is 3. The zero-order valence-corrected chi connectivity index (χ0v) is 16.3. The SMILES string of the molecule is C[C@@H](Sc1nc2ccccc2s1)C(=O)N/N=C\c1ccc2ccccc2c1. The molecule has 0 aliphatic heterocycles. The zero-order chi connectivity index (χ0) is 18.6. The van der Waals surface area contributed by atoms with Crippen LogP contribution >= 0.6 is 23.1 Å². The number of thiazole rings is 1. The predicted octanol–water partition coefficient (Wildman–Crippen LogP) is 5.08. The summed E-state index contributed by atoms with van der Waals surface area (Å²) in [6.07, 6.45) is 1.67. The monoisotopic (exact) mass is 391 g/mol. The first-order chi connectivity index (χ1) is 13.2. The summed E-state index contributed by atoms with van der Waals surface area (Å²) in [4.78, 5) is 16.9. The second-order valence-corrected chi connectivity index (χ2v) is 8.67. The molecule has 1 atom stereocenters. The Balaban J connectivity index is 1.38. The number of amides is 1. The van der Waals surface area contributed by atoms with E-state index in [9.17, 15) is 4.79 Å². The third-order valence-electron chi connectivity index (χ3n) is 4.08. The van der Waals surface area contributed by atoms with Crippen LogP contribution in [0.15, 0.2) is 76.2 Å². The molecule has 1 amide bonds. The van der Waals surface area contributed by atoms with Gasteiger partial charge in [-0.05, 0) is 41.5 Å². The minimum atomic E-state index is -0.278. The number of carbonyl (C=O) groups excluding carboxylic acids is 1. The van der Waals surface area contributed by atoms with Crippen LogP contribution < -0.4 is 5.43 Å². The molecule has 1 N–H and O–H groups in total. The fraction of sp³-hybridized carbons (Fsp3) is 0.0952. The molecule has 1 aromatic heterocycles. The van der Waals surface area contributed by atoms with Crippen molar-refractivity contribution in [1.29, 1.82) is 0 Å². The fourth-order valence-electron chi connectivity index (χ4n) is 2.66. The Hall–Kier alpha value is -2.70. The van der Waals surface area contributed by atoms with Gasteiger partial charge in [-0.3, -0.25) is 4.79 Å². The van der Waals surface area contributed by atoms with Crippen molar-refractivity contribution in [3.8, 4) is 0 Å². The first-order valence-corrected chi connectivity index (χ1v) is 10.2. The van der Waals surface area contributed by atoms with Crippen molar-refractivity contribution in [2.24, 2.45) is 5.10 Å². The van der Waals surface area contributed by atoms with Gasteiger partial charge in [0.15, 0.2) is 4.34 Å². The van der Waals surface area contributed by atoms with Gasteiger partial charge in [0.2, 0.25) is 0 Å². The number of hydrazone groups is 1. The van der Waals surface area contributed by atoms with E-state index in [0.29, 0.717) is 0 Å². The minimum Gasteiger partial charge on any atom is -0.272 e. The summed E-state index contributed by atoms with van der Waals surface area (Å²) in [5, 5.41) is 6.15. The number of hydrogen-bond donors (Lipinski definition) is 1. The Kier molecular flexibility index (Phi) is 5.18. The van der Waals surface area contributed by atoms with Gasteiger partial charge in [0, 0.05) is 0 Å². The highest BCUT2D eigenvalue weighted by molar-refractivity contribution is 8.02. The Morgan fingerprint density at radius 1 is 1.11 bits per heavy atom. The van der Waals surface area contributed by atoms with Crippen molar-refractivity contribution in [1.82, 2.24) is 10.4 Å². The van der Waals surface area contributed by atoms with E-state index in [1.54, 1.807) is 17.6 Å². The third kappa shape index (κ3) is 4.18. The summed E-state index contributed by atoms with van der Waals surface area (Å²) in [7, 11) is 0. The molecule has 0 aliphatic rings. The Morgan fingerprint density at radius 2 is 1.89 bits per heavy atom. The van der Waals surface area contributed by atoms with Crippen molar-refractivity contribution >= 4 is 56.2 Å². The van der Waals surface area contributed by atoms with Crippen molar-refractivity contribution in [3.63, 3.8) is 0 Å². The van der Waals surface area contributed by atoms with E-state index in [0.717, 1.165) is 25.5 Å². The molecule has 0 saturated heterocycles. The average Bonchev–Trinajstić information content (AvgIpc) is 3.10. The van der Waals surface area contributed by atoms with E-state index in [1.807, 2.05) is 61.5 Å². The van der Waals surface area contributed by atoms with Crippen molar-refractivity contribution in [2.75, 3.05) is 0 Å². The molecule has 134 valence electrons. The van der Waals surface area contributed by atoms with Gasteiger partial charge in [0.05, 0.1) is 21.7 Å². The molecule has 0 spiro atoms. The first-order valence-electron chi connectivity index (χ1n) is 8.53. The molecule has 6 heteroatoms. The topological polar surface area (TPSA) is 54.4 Å². The van der Waals surface area contributed by atoms with Gasteiger partial charge < -0.3 is 0 Å². The number of aromatic nitrogens is 1. The lowest BCUT2D eigenvalue weighted by Crippen LogP contribution is -2.26. The van der Waals surface area contributed by atoms with Gasteiger partial charge in [-0.2, -0.15) is 5.10 Å². The Morgan fingerprint density at radius 3 is 2.74 bits per heavy atom. The minimum absolute atomic E-state index is 0.142. The first kappa shape index (κ1) is 17.7. The van der Waals surface area contributed by atoms with Crippen molar-refractivity contribution in [3.05, 3.63) is 72.3 Å². The summed E-state index contributed by atoms with van der Waals surface area (Å²) in [6, 6.07) is 22.2. The van der Waals surface area contributed by atoms with Gasteiger partial charge in [0.1, 0.15) is 0 Å². The molecule has 0 fully saturated rings. The Labute approximate surface area is 165 Å². The number of nitrogens with zero attached hydrogens (tertiary/aromatic N) is 2. The largest absolute Gasteiger partial charge is 0.272 e. The van der Waals surface area contributed by atoms with E-state index in [2.05, 4.69) is 27.6 Å². The quantitative estimate of drug-likeness (QED) is 0.293. The van der Waals surface area contributed by atoms with Gasteiger partial charge in [-0.25, -0.2) is 10.4 Å². The predicted molar refractivity (Wildman–Crippen MR) is 115 cm³/mol. The summed E-state index contributed by atoms with van der Waals surface area (Å²) in [5.74, 6) is -0.142. The number of para-hydroxylation sites is 1. The zero-order valence-electron chi connectivity index (χ0n) is 14.6. The molecular formula is C21H17N3OS2. The normalized spacial score (nSPS) is 12.6. The lowest BCUT2D eigenvalue weighted by molar-refractivity contribution is -0.120. The molecule has 0 radical (unpaired) electrons. The maximum atomic E-state index is 12.3. The standard InChI is InChI=1S/C21H17N3OS2/c1-14(26-21-23-18-8-4-5-9-19(18)27-21)20(25)24-22-13-15-10-11-16-6-2-3-7-17(16)12-15/h2-14H,1H3,(H,24,25)/b22-13-/t14-/m1/s1. The molecule has 0 aliphatic carbocycles. The molecule has 0 bridgehead atoms. The smallest absolute Gasteiger partial charge is 0.253 e. The summed E-state index contributed by atoms with van der Waals surface area (Å²) in [6.45, 7) is 1.86. The lowest BCUT2D eigenvalue weighted by Gasteiger charge is -2.06. The molecule has 1 heterocycles. The maximum absolute atomic E-state index is 12.3. The lowest BCUT2D eigenvalue weighted by atomic mass is 10.1. The van der Waals surface area contributed by atoms with E-state index in [4.69, 9.17) is 0 Å². The molecule has 0 unspecified atom stereocenters. The van der Waals surface area contributed by atoms with E-state index < -0.39 is 0 Å². The van der Waals surface area contributed by atoms with Crippen LogP contribution in [0.1, 0.15) is 12.5 Å². The molecule has 27 heavy (non-hydrogen) atoms. The van der Waals surface area contributed by atoms with Gasteiger partial charge >= 0.3 is 0 Å². The van der Waals surface area contributed by atoms with Crippen LogP contribution in [0, 0.1) is 0 Å². The highest BCUT2D eigenvalue weighted by Gasteiger charge is 2.16. The molecule has 0 saturated carbocycles. The molecule has 4 aromatic rings. The Bertz CT molecular complexity index is 1100. The van der Waals surface area contributed by atoms with Crippen LogP contribution in [-0.4, -0.2) is 22.4 Å². The van der Waals surface area contributed by atoms with Crippen LogP contribution in [0.3, 0.4) is 0 Å². The number of carbonyl (C=O) groups is 1. The molecule has 3 aromatic carbocycles. The van der Waals surface area contributed by atoms with Crippen molar-refractivity contribution in [2.45, 2.75) is 16.5 Å². The van der Waals surface area contributed by atoms with Gasteiger partial charge in [0.25, 0.3) is 5.91 Å². The van der Waals surface area contributed by atoms with Crippen LogP contribution in [0.25, 0.3) is 21.0 Å². The number of thioether (sulfide) groups is 1. The molecule has 4 nitrogen and oxygen atoms in total. The summed E-state index contributed by atoms with van der Waals surface area (Å²) in [5.41, 5.74) is 4.53. The second-order valence-electron chi connectivity index (χ2n) is 6.05. The molecular weight excluding hydrogens is 374 g/mol. The summed E-state index contributed by atoms with van der Waals surface area (Å²) < 4.78 is 2.01. The van der Waals surface area contributed by atoms with E-state index in [1.165, 1.54) is 17.1 Å². The van der Waals surface area contributed by atoms with Crippen LogP contribution in [0.4, 0.5) is 0 Å². The molecule has 4 rings (SSSR count).